The van der Waals surface area contributed by atoms with Crippen LogP contribution in [0.3, 0.4) is 0 Å². The minimum atomic E-state index is -3.57. The van der Waals surface area contributed by atoms with E-state index in [0.29, 0.717) is 16.8 Å². The van der Waals surface area contributed by atoms with Crippen molar-refractivity contribution in [3.63, 3.8) is 0 Å². The minimum absolute atomic E-state index is 0. The number of aliphatic imine (C=N–C) groups is 1. The van der Waals surface area contributed by atoms with Crippen molar-refractivity contribution in [2.45, 2.75) is 30.5 Å². The fourth-order valence-electron chi connectivity index (χ4n) is 1.73. The molecule has 12 heteroatoms. The summed E-state index contributed by atoms with van der Waals surface area (Å²) in [6.45, 7) is 6.21. The number of carbonyl (C=O) groups excluding carboxylic acids is 1. The van der Waals surface area contributed by atoms with E-state index in [-0.39, 0.29) is 52.7 Å². The average Bonchev–Trinajstić information content (AvgIpc) is 2.92. The third-order valence-electron chi connectivity index (χ3n) is 2.68. The second-order valence-electron chi connectivity index (χ2n) is 6.11. The van der Waals surface area contributed by atoms with Gasteiger partial charge in [0.05, 0.1) is 10.9 Å². The van der Waals surface area contributed by atoms with E-state index >= 15 is 0 Å². The zero-order chi connectivity index (χ0) is 19.1. The van der Waals surface area contributed by atoms with Crippen LogP contribution in [0.5, 0.6) is 0 Å². The Kier molecular flexibility index (Phi) is 11.0. The van der Waals surface area contributed by atoms with E-state index in [1.807, 2.05) is 20.8 Å². The van der Waals surface area contributed by atoms with Gasteiger partial charge in [0.2, 0.25) is 15.9 Å². The number of sulfonamides is 1. The van der Waals surface area contributed by atoms with E-state index < -0.39 is 10.0 Å². The second kappa shape index (κ2) is 11.3. The third-order valence-corrected chi connectivity index (χ3v) is 5.86. The highest BCUT2D eigenvalue weighted by Gasteiger charge is 2.16. The maximum Gasteiger partial charge on any atom is 0.250 e. The van der Waals surface area contributed by atoms with Gasteiger partial charge in [0.1, 0.15) is 4.21 Å². The van der Waals surface area contributed by atoms with Crippen molar-refractivity contribution >= 4 is 68.8 Å². The Hall–Kier alpha value is -0.630. The molecule has 0 aliphatic carbocycles. The van der Waals surface area contributed by atoms with Crippen LogP contribution in [0.2, 0.25) is 4.34 Å². The molecule has 0 spiro atoms. The predicted octanol–water partition coefficient (Wildman–Crippen LogP) is 1.38. The summed E-state index contributed by atoms with van der Waals surface area (Å²) in [5.74, 6) is 0.244. The van der Waals surface area contributed by atoms with E-state index in [9.17, 15) is 13.2 Å². The maximum atomic E-state index is 12.0. The number of rotatable bonds is 7. The minimum Gasteiger partial charge on any atom is -0.355 e. The molecule has 0 saturated heterocycles. The van der Waals surface area contributed by atoms with Crippen molar-refractivity contribution in [3.05, 3.63) is 16.5 Å². The zero-order valence-corrected chi connectivity index (χ0v) is 19.8. The fraction of sp³-hybridized carbons (Fsp3) is 0.571. The van der Waals surface area contributed by atoms with Crippen molar-refractivity contribution in [1.29, 1.82) is 0 Å². The lowest BCUT2D eigenvalue weighted by Crippen LogP contribution is -2.48. The highest BCUT2D eigenvalue weighted by Crippen LogP contribution is 2.25. The molecule has 0 saturated carbocycles. The number of hydrogen-bond acceptors (Lipinski definition) is 5. The van der Waals surface area contributed by atoms with Gasteiger partial charge in [0.15, 0.2) is 5.96 Å². The Bertz CT molecular complexity index is 716. The number of halogens is 2. The number of nitrogens with one attached hydrogen (secondary N) is 4. The van der Waals surface area contributed by atoms with Gasteiger partial charge in [-0.1, -0.05) is 11.6 Å². The standard InChI is InChI=1S/C14H24ClN5O3S2.HI/c1-14(2,3)20-11(21)9-18-13(16-4)17-7-8-19-25(22,23)12-6-5-10(15)24-12;/h5-6,19H,7-9H2,1-4H3,(H,20,21)(H2,16,17,18);1H. The number of guanidine groups is 1. The first-order valence-electron chi connectivity index (χ1n) is 7.54. The van der Waals surface area contributed by atoms with Crippen LogP contribution in [0.15, 0.2) is 21.3 Å². The quantitative estimate of drug-likeness (QED) is 0.182. The average molecular weight is 538 g/mol. The van der Waals surface area contributed by atoms with Gasteiger partial charge >= 0.3 is 0 Å². The highest BCUT2D eigenvalue weighted by atomic mass is 127. The van der Waals surface area contributed by atoms with Crippen molar-refractivity contribution in [3.8, 4) is 0 Å². The lowest BCUT2D eigenvalue weighted by Gasteiger charge is -2.21. The molecular formula is C14H25ClIN5O3S2. The molecule has 26 heavy (non-hydrogen) atoms. The Balaban J connectivity index is 0.00000625. The van der Waals surface area contributed by atoms with Gasteiger partial charge in [-0.05, 0) is 32.9 Å². The Morgan fingerprint density at radius 1 is 1.23 bits per heavy atom. The van der Waals surface area contributed by atoms with Crippen LogP contribution in [0.1, 0.15) is 20.8 Å². The van der Waals surface area contributed by atoms with Crippen LogP contribution in [-0.2, 0) is 14.8 Å². The summed E-state index contributed by atoms with van der Waals surface area (Å²) in [7, 11) is -2.01. The second-order valence-corrected chi connectivity index (χ2v) is 9.82. The SMILES string of the molecule is CN=C(NCCNS(=O)(=O)c1ccc(Cl)s1)NCC(=O)NC(C)(C)C.I. The van der Waals surface area contributed by atoms with Gasteiger partial charge < -0.3 is 16.0 Å². The van der Waals surface area contributed by atoms with Crippen LogP contribution in [0.4, 0.5) is 0 Å². The van der Waals surface area contributed by atoms with Gasteiger partial charge in [-0.3, -0.25) is 9.79 Å². The van der Waals surface area contributed by atoms with Crippen molar-refractivity contribution < 1.29 is 13.2 Å². The first-order chi connectivity index (χ1) is 11.5. The van der Waals surface area contributed by atoms with Crippen molar-refractivity contribution in [2.75, 3.05) is 26.7 Å². The first kappa shape index (κ1) is 25.4. The van der Waals surface area contributed by atoms with Gasteiger partial charge in [-0.25, -0.2) is 13.1 Å². The van der Waals surface area contributed by atoms with Crippen molar-refractivity contribution in [1.82, 2.24) is 20.7 Å². The van der Waals surface area contributed by atoms with Crippen molar-refractivity contribution in [2.24, 2.45) is 4.99 Å². The molecule has 1 rings (SSSR count). The van der Waals surface area contributed by atoms with E-state index in [1.165, 1.54) is 12.1 Å². The Morgan fingerprint density at radius 3 is 2.38 bits per heavy atom. The molecule has 1 heterocycles. The maximum absolute atomic E-state index is 12.0. The fourth-order valence-corrected chi connectivity index (χ4v) is 4.29. The summed E-state index contributed by atoms with van der Waals surface area (Å²) in [4.78, 5) is 15.7. The molecule has 1 amide bonds. The zero-order valence-electron chi connectivity index (χ0n) is 15.1. The van der Waals surface area contributed by atoms with Crippen LogP contribution >= 0.6 is 46.9 Å². The molecule has 0 unspecified atom stereocenters. The monoisotopic (exact) mass is 537 g/mol. The molecule has 0 radical (unpaired) electrons. The van der Waals surface area contributed by atoms with E-state index in [2.05, 4.69) is 25.7 Å². The summed E-state index contributed by atoms with van der Waals surface area (Å²) in [6.07, 6.45) is 0. The van der Waals surface area contributed by atoms with Crippen LogP contribution in [0, 0.1) is 0 Å². The van der Waals surface area contributed by atoms with Crippen LogP contribution < -0.4 is 20.7 Å². The lowest BCUT2D eigenvalue weighted by atomic mass is 10.1. The normalized spacial score (nSPS) is 12.3. The number of hydrogen-bond donors (Lipinski definition) is 4. The Morgan fingerprint density at radius 2 is 1.88 bits per heavy atom. The number of nitrogens with zero attached hydrogens (tertiary/aromatic N) is 1. The molecule has 1 aromatic rings. The van der Waals surface area contributed by atoms with E-state index in [0.717, 1.165) is 11.3 Å². The number of amides is 1. The van der Waals surface area contributed by atoms with Crippen LogP contribution in [-0.4, -0.2) is 52.5 Å². The molecule has 8 nitrogen and oxygen atoms in total. The highest BCUT2D eigenvalue weighted by molar-refractivity contribution is 14.0. The summed E-state index contributed by atoms with van der Waals surface area (Å²) in [5, 5.41) is 8.61. The predicted molar refractivity (Wildman–Crippen MR) is 117 cm³/mol. The largest absolute Gasteiger partial charge is 0.355 e. The molecule has 0 aliphatic heterocycles. The van der Waals surface area contributed by atoms with Gasteiger partial charge in [0, 0.05) is 25.7 Å². The van der Waals surface area contributed by atoms with E-state index in [4.69, 9.17) is 11.6 Å². The number of thiophene rings is 1. The molecule has 0 fully saturated rings. The molecule has 150 valence electrons. The van der Waals surface area contributed by atoms with Gasteiger partial charge in [-0.15, -0.1) is 35.3 Å². The molecule has 1 aromatic heterocycles. The summed E-state index contributed by atoms with van der Waals surface area (Å²) in [5.41, 5.74) is -0.307. The van der Waals surface area contributed by atoms with Gasteiger partial charge in [-0.2, -0.15) is 0 Å². The summed E-state index contributed by atoms with van der Waals surface area (Å²) >= 11 is 6.74. The summed E-state index contributed by atoms with van der Waals surface area (Å²) < 4.78 is 27.1. The molecule has 0 atom stereocenters. The molecule has 0 aliphatic rings. The van der Waals surface area contributed by atoms with E-state index in [1.54, 1.807) is 7.05 Å². The first-order valence-corrected chi connectivity index (χ1v) is 10.2. The molecule has 0 bridgehead atoms. The Labute approximate surface area is 180 Å². The van der Waals surface area contributed by atoms with Gasteiger partial charge in [0.25, 0.3) is 0 Å². The summed E-state index contributed by atoms with van der Waals surface area (Å²) in [6, 6.07) is 2.99. The van der Waals surface area contributed by atoms with Crippen LogP contribution in [0.25, 0.3) is 0 Å². The molecule has 4 N–H and O–H groups in total. The third kappa shape index (κ3) is 9.90. The lowest BCUT2D eigenvalue weighted by molar-refractivity contribution is -0.121. The topological polar surface area (TPSA) is 112 Å². The molecule has 0 aromatic carbocycles. The smallest absolute Gasteiger partial charge is 0.250 e. The molecular weight excluding hydrogens is 513 g/mol. The number of carbonyl (C=O) groups is 1.